The third-order valence-corrected chi connectivity index (χ3v) is 7.24. The molecule has 0 aliphatic carbocycles. The molecule has 3 aromatic rings. The first-order chi connectivity index (χ1) is 17.6. The van der Waals surface area contributed by atoms with Crippen molar-refractivity contribution >= 4 is 48.0 Å². The number of anilines is 1. The zero-order valence-electron chi connectivity index (χ0n) is 22.0. The number of nitrogens with one attached hydrogen (secondary N) is 1. The first kappa shape index (κ1) is 32.8. The van der Waals surface area contributed by atoms with Crippen LogP contribution in [0.4, 0.5) is 18.9 Å². The fourth-order valence-corrected chi connectivity index (χ4v) is 4.95. The van der Waals surface area contributed by atoms with E-state index in [4.69, 9.17) is 11.6 Å². The van der Waals surface area contributed by atoms with Crippen LogP contribution < -0.4 is 10.2 Å². The summed E-state index contributed by atoms with van der Waals surface area (Å²) < 4.78 is 40.4. The molecule has 1 amide bonds. The van der Waals surface area contributed by atoms with Crippen molar-refractivity contribution in [2.24, 2.45) is 0 Å². The Kier molecular flexibility index (Phi) is 11.5. The molecule has 39 heavy (non-hydrogen) atoms. The molecule has 1 aliphatic rings. The summed E-state index contributed by atoms with van der Waals surface area (Å²) in [4.78, 5) is 21.9. The molecule has 0 radical (unpaired) electrons. The summed E-state index contributed by atoms with van der Waals surface area (Å²) >= 11 is 6.27. The average molecular weight is 607 g/mol. The highest BCUT2D eigenvalue weighted by atomic mass is 35.5. The number of aryl methyl sites for hydroxylation is 1. The first-order valence-electron chi connectivity index (χ1n) is 12.3. The molecule has 0 bridgehead atoms. The van der Waals surface area contributed by atoms with Gasteiger partial charge in [-0.2, -0.15) is 13.2 Å². The smallest absolute Gasteiger partial charge is 0.369 e. The maximum Gasteiger partial charge on any atom is 0.416 e. The third-order valence-electron chi connectivity index (χ3n) is 6.83. The largest absolute Gasteiger partial charge is 0.416 e. The predicted molar refractivity (Wildman–Crippen MR) is 154 cm³/mol. The highest BCUT2D eigenvalue weighted by Gasteiger charge is 2.30. The van der Waals surface area contributed by atoms with Gasteiger partial charge in [0, 0.05) is 49.1 Å². The van der Waals surface area contributed by atoms with Crippen LogP contribution in [0.2, 0.25) is 5.02 Å². The van der Waals surface area contributed by atoms with Crippen molar-refractivity contribution in [3.63, 3.8) is 0 Å². The van der Waals surface area contributed by atoms with Gasteiger partial charge in [-0.15, -0.1) is 24.8 Å². The van der Waals surface area contributed by atoms with E-state index < -0.39 is 11.7 Å². The number of imidazole rings is 1. The maximum absolute atomic E-state index is 12.9. The lowest BCUT2D eigenvalue weighted by atomic mass is 10.1. The number of carbonyl (C=O) groups excluding carboxylic acids is 1. The standard InChI is InChI=1S/C27H31ClF3N5O.2ClH/c1-18-23(28)6-4-7-24(18)35-16-14-34(15-17-35)13-5-12-32-26(37)25-19(2)36(20(3)33-25)22-10-8-21(9-11-22)27(29,30)31;;/h4,6-11H,5,12-17H2,1-3H3,(H,32,37);2*1H. The van der Waals surface area contributed by atoms with Crippen LogP contribution in [-0.2, 0) is 6.18 Å². The van der Waals surface area contributed by atoms with Gasteiger partial charge in [0.1, 0.15) is 11.5 Å². The summed E-state index contributed by atoms with van der Waals surface area (Å²) in [7, 11) is 0. The van der Waals surface area contributed by atoms with Crippen molar-refractivity contribution in [1.29, 1.82) is 0 Å². The van der Waals surface area contributed by atoms with Gasteiger partial charge >= 0.3 is 6.18 Å². The zero-order chi connectivity index (χ0) is 26.7. The lowest BCUT2D eigenvalue weighted by Gasteiger charge is -2.37. The van der Waals surface area contributed by atoms with Crippen LogP contribution in [0.25, 0.3) is 5.69 Å². The molecule has 0 unspecified atom stereocenters. The number of benzene rings is 2. The van der Waals surface area contributed by atoms with Crippen LogP contribution in [-0.4, -0.2) is 59.6 Å². The fourth-order valence-electron chi connectivity index (χ4n) is 4.78. The first-order valence-corrected chi connectivity index (χ1v) is 12.7. The molecule has 214 valence electrons. The Morgan fingerprint density at radius 3 is 2.26 bits per heavy atom. The van der Waals surface area contributed by atoms with Crippen LogP contribution in [0, 0.1) is 20.8 Å². The van der Waals surface area contributed by atoms with Crippen molar-refractivity contribution in [1.82, 2.24) is 19.8 Å². The summed E-state index contributed by atoms with van der Waals surface area (Å²) in [6.45, 7) is 10.6. The molecule has 4 rings (SSSR count). The molecule has 1 aromatic heterocycles. The third kappa shape index (κ3) is 7.60. The number of halogens is 6. The summed E-state index contributed by atoms with van der Waals surface area (Å²) in [5.41, 5.74) is 2.96. The number of rotatable bonds is 7. The minimum atomic E-state index is -4.40. The van der Waals surface area contributed by atoms with E-state index in [1.807, 2.05) is 19.1 Å². The number of piperazine rings is 1. The number of hydrogen-bond acceptors (Lipinski definition) is 4. The van der Waals surface area contributed by atoms with E-state index in [9.17, 15) is 18.0 Å². The number of alkyl halides is 3. The molecule has 2 aromatic carbocycles. The van der Waals surface area contributed by atoms with Gasteiger partial charge in [0.15, 0.2) is 0 Å². The molecule has 1 fully saturated rings. The Morgan fingerprint density at radius 1 is 1.00 bits per heavy atom. The second-order valence-corrected chi connectivity index (χ2v) is 9.70. The molecule has 0 spiro atoms. The van der Waals surface area contributed by atoms with Crippen molar-refractivity contribution in [3.8, 4) is 5.69 Å². The summed E-state index contributed by atoms with van der Waals surface area (Å²) in [6.07, 6.45) is -3.59. The van der Waals surface area contributed by atoms with Crippen molar-refractivity contribution in [2.75, 3.05) is 44.2 Å². The van der Waals surface area contributed by atoms with Gasteiger partial charge in [-0.1, -0.05) is 17.7 Å². The van der Waals surface area contributed by atoms with Gasteiger partial charge in [-0.05, 0) is 75.7 Å². The highest BCUT2D eigenvalue weighted by Crippen LogP contribution is 2.30. The van der Waals surface area contributed by atoms with E-state index >= 15 is 0 Å². The number of amides is 1. The fraction of sp³-hybridized carbons (Fsp3) is 0.407. The maximum atomic E-state index is 12.9. The quantitative estimate of drug-likeness (QED) is 0.323. The van der Waals surface area contributed by atoms with E-state index in [-0.39, 0.29) is 36.4 Å². The van der Waals surface area contributed by atoms with E-state index in [2.05, 4.69) is 26.2 Å². The number of aromatic nitrogens is 2. The van der Waals surface area contributed by atoms with Gasteiger partial charge in [0.05, 0.1) is 11.3 Å². The van der Waals surface area contributed by atoms with E-state index in [0.717, 1.165) is 61.9 Å². The van der Waals surface area contributed by atoms with E-state index in [0.29, 0.717) is 23.8 Å². The van der Waals surface area contributed by atoms with Gasteiger partial charge in [-0.25, -0.2) is 4.98 Å². The molecule has 1 aliphatic heterocycles. The molecule has 0 atom stereocenters. The van der Waals surface area contributed by atoms with Crippen LogP contribution in [0.3, 0.4) is 0 Å². The average Bonchev–Trinajstić information content (AvgIpc) is 3.17. The molecule has 1 saturated heterocycles. The number of nitrogens with zero attached hydrogens (tertiary/aromatic N) is 4. The van der Waals surface area contributed by atoms with Crippen molar-refractivity contribution in [2.45, 2.75) is 33.4 Å². The Labute approximate surface area is 244 Å². The molecular weight excluding hydrogens is 574 g/mol. The van der Waals surface area contributed by atoms with Crippen LogP contribution >= 0.6 is 36.4 Å². The minimum Gasteiger partial charge on any atom is -0.369 e. The molecule has 0 saturated carbocycles. The second kappa shape index (κ2) is 13.7. The van der Waals surface area contributed by atoms with Crippen LogP contribution in [0.1, 0.15) is 39.6 Å². The van der Waals surface area contributed by atoms with Gasteiger partial charge in [-0.3, -0.25) is 9.69 Å². The van der Waals surface area contributed by atoms with Gasteiger partial charge < -0.3 is 14.8 Å². The topological polar surface area (TPSA) is 53.4 Å². The Bertz CT molecular complexity index is 1260. The minimum absolute atomic E-state index is 0. The summed E-state index contributed by atoms with van der Waals surface area (Å²) in [6, 6.07) is 10.8. The molecule has 2 heterocycles. The summed E-state index contributed by atoms with van der Waals surface area (Å²) in [5.74, 6) is 0.253. The van der Waals surface area contributed by atoms with E-state index in [1.165, 1.54) is 17.8 Å². The van der Waals surface area contributed by atoms with Crippen LogP contribution in [0.15, 0.2) is 42.5 Å². The molecule has 12 heteroatoms. The van der Waals surface area contributed by atoms with Gasteiger partial charge in [0.2, 0.25) is 0 Å². The summed E-state index contributed by atoms with van der Waals surface area (Å²) in [5, 5.41) is 3.72. The number of hydrogen-bond donors (Lipinski definition) is 1. The van der Waals surface area contributed by atoms with Gasteiger partial charge in [0.25, 0.3) is 5.91 Å². The number of carbonyl (C=O) groups is 1. The normalized spacial score (nSPS) is 14.0. The second-order valence-electron chi connectivity index (χ2n) is 9.30. The lowest BCUT2D eigenvalue weighted by Crippen LogP contribution is -2.47. The van der Waals surface area contributed by atoms with Crippen molar-refractivity contribution in [3.05, 3.63) is 75.8 Å². The monoisotopic (exact) mass is 605 g/mol. The zero-order valence-corrected chi connectivity index (χ0v) is 24.4. The van der Waals surface area contributed by atoms with Crippen LogP contribution in [0.5, 0.6) is 0 Å². The molecule has 1 N–H and O–H groups in total. The Morgan fingerprint density at radius 2 is 1.64 bits per heavy atom. The molecule has 6 nitrogen and oxygen atoms in total. The predicted octanol–water partition coefficient (Wildman–Crippen LogP) is 6.26. The Balaban J connectivity index is 0.00000267. The Hall–Kier alpha value is -2.46. The van der Waals surface area contributed by atoms with E-state index in [1.54, 1.807) is 18.4 Å². The lowest BCUT2D eigenvalue weighted by molar-refractivity contribution is -0.137. The highest BCUT2D eigenvalue weighted by molar-refractivity contribution is 6.31. The SMILES string of the molecule is Cc1c(Cl)cccc1N1CCN(CCCNC(=O)c2nc(C)n(-c3ccc(C(F)(F)F)cc3)c2C)CC1.Cl.Cl. The van der Waals surface area contributed by atoms with Crippen molar-refractivity contribution < 1.29 is 18.0 Å². The molecular formula is C27H33Cl3F3N5O.